The van der Waals surface area contributed by atoms with Crippen LogP contribution in [0.4, 0.5) is 0 Å². The molecular weight excluding hydrogens is 274 g/mol. The number of rotatable bonds is 9. The van der Waals surface area contributed by atoms with E-state index in [-0.39, 0.29) is 17.7 Å². The van der Waals surface area contributed by atoms with Crippen molar-refractivity contribution in [1.82, 2.24) is 4.90 Å². The number of Topliss-reactive ketones (excluding diaryl/α,β-unsaturated/α-hetero) is 1. The summed E-state index contributed by atoms with van der Waals surface area (Å²) in [7, 11) is 0. The van der Waals surface area contributed by atoms with Crippen LogP contribution >= 0.6 is 0 Å². The summed E-state index contributed by atoms with van der Waals surface area (Å²) in [6, 6.07) is 9.59. The molecule has 0 spiro atoms. The van der Waals surface area contributed by atoms with Gasteiger partial charge in [0, 0.05) is 13.0 Å². The summed E-state index contributed by atoms with van der Waals surface area (Å²) in [5.74, 6) is 0.548. The quantitative estimate of drug-likeness (QED) is 0.685. The fourth-order valence-electron chi connectivity index (χ4n) is 2.58. The Bertz CT molecular complexity index is 468. The second-order valence-corrected chi connectivity index (χ2v) is 6.37. The fourth-order valence-corrected chi connectivity index (χ4v) is 2.58. The smallest absolute Gasteiger partial charge is 0.223 e. The van der Waals surface area contributed by atoms with Gasteiger partial charge in [-0.05, 0) is 31.2 Å². The van der Waals surface area contributed by atoms with Crippen molar-refractivity contribution in [1.29, 1.82) is 0 Å². The van der Waals surface area contributed by atoms with Crippen molar-refractivity contribution < 1.29 is 9.59 Å². The molecule has 1 atom stereocenters. The first-order valence-electron chi connectivity index (χ1n) is 8.29. The van der Waals surface area contributed by atoms with E-state index in [1.165, 1.54) is 0 Å². The number of nitrogens with zero attached hydrogens (tertiary/aromatic N) is 1. The Balaban J connectivity index is 2.97. The number of carbonyl (C=O) groups excluding carboxylic acids is 2. The Morgan fingerprint density at radius 2 is 1.77 bits per heavy atom. The Hall–Kier alpha value is -1.64. The van der Waals surface area contributed by atoms with E-state index in [9.17, 15) is 9.59 Å². The van der Waals surface area contributed by atoms with Gasteiger partial charge in [-0.2, -0.15) is 0 Å². The Labute approximate surface area is 134 Å². The third-order valence-electron chi connectivity index (χ3n) is 3.80. The van der Waals surface area contributed by atoms with Crippen LogP contribution in [0.2, 0.25) is 0 Å². The molecular formula is C19H29NO2. The summed E-state index contributed by atoms with van der Waals surface area (Å²) in [6.45, 7) is 8.37. The highest BCUT2D eigenvalue weighted by Crippen LogP contribution is 2.18. The summed E-state index contributed by atoms with van der Waals surface area (Å²) < 4.78 is 0. The van der Waals surface area contributed by atoms with E-state index in [0.29, 0.717) is 18.9 Å². The van der Waals surface area contributed by atoms with Crippen LogP contribution in [0.5, 0.6) is 0 Å². The standard InChI is InChI=1S/C19H29NO2/c1-5-6-12-19(22)20(14-17-10-8-7-9-11-17)18(16(4)21)13-15(2)3/h7-11,15,18H,5-6,12-14H2,1-4H3. The molecule has 0 heterocycles. The Morgan fingerprint density at radius 3 is 2.27 bits per heavy atom. The van der Waals surface area contributed by atoms with Crippen LogP contribution in [-0.2, 0) is 16.1 Å². The molecule has 0 aliphatic heterocycles. The van der Waals surface area contributed by atoms with Crippen molar-refractivity contribution in [3.8, 4) is 0 Å². The van der Waals surface area contributed by atoms with Gasteiger partial charge in [0.25, 0.3) is 0 Å². The molecule has 0 N–H and O–H groups in total. The summed E-state index contributed by atoms with van der Waals surface area (Å²) in [5, 5.41) is 0. The molecule has 3 nitrogen and oxygen atoms in total. The van der Waals surface area contributed by atoms with Crippen molar-refractivity contribution in [2.24, 2.45) is 5.92 Å². The molecule has 1 rings (SSSR count). The van der Waals surface area contributed by atoms with Gasteiger partial charge < -0.3 is 4.90 Å². The minimum atomic E-state index is -0.315. The van der Waals surface area contributed by atoms with E-state index in [1.807, 2.05) is 30.3 Å². The molecule has 0 bridgehead atoms. The van der Waals surface area contributed by atoms with E-state index in [1.54, 1.807) is 11.8 Å². The number of benzene rings is 1. The summed E-state index contributed by atoms with van der Waals surface area (Å²) in [5.41, 5.74) is 1.07. The molecule has 0 aromatic heterocycles. The van der Waals surface area contributed by atoms with Crippen molar-refractivity contribution in [3.63, 3.8) is 0 Å². The Kier molecular flexibility index (Phi) is 7.86. The van der Waals surface area contributed by atoms with Gasteiger partial charge in [0.2, 0.25) is 5.91 Å². The number of ketones is 1. The zero-order valence-corrected chi connectivity index (χ0v) is 14.3. The third-order valence-corrected chi connectivity index (χ3v) is 3.80. The van der Waals surface area contributed by atoms with Gasteiger partial charge in [0.1, 0.15) is 0 Å². The minimum absolute atomic E-state index is 0.0782. The van der Waals surface area contributed by atoms with Gasteiger partial charge in [-0.25, -0.2) is 0 Å². The van der Waals surface area contributed by atoms with E-state index < -0.39 is 0 Å². The first-order valence-corrected chi connectivity index (χ1v) is 8.29. The number of unbranched alkanes of at least 4 members (excludes halogenated alkanes) is 1. The van der Waals surface area contributed by atoms with Crippen LogP contribution in [0.25, 0.3) is 0 Å². The van der Waals surface area contributed by atoms with Crippen LogP contribution < -0.4 is 0 Å². The molecule has 1 aromatic carbocycles. The van der Waals surface area contributed by atoms with Crippen LogP contribution in [0.1, 0.15) is 58.9 Å². The number of carbonyl (C=O) groups is 2. The lowest BCUT2D eigenvalue weighted by Crippen LogP contribution is -2.44. The van der Waals surface area contributed by atoms with Crippen molar-refractivity contribution in [2.75, 3.05) is 0 Å². The van der Waals surface area contributed by atoms with Crippen LogP contribution in [0, 0.1) is 5.92 Å². The van der Waals surface area contributed by atoms with Crippen molar-refractivity contribution in [2.45, 2.75) is 66.0 Å². The summed E-state index contributed by atoms with van der Waals surface area (Å²) >= 11 is 0. The topological polar surface area (TPSA) is 37.4 Å². The fraction of sp³-hybridized carbons (Fsp3) is 0.579. The molecule has 3 heteroatoms. The first kappa shape index (κ1) is 18.4. The SMILES string of the molecule is CCCCC(=O)N(Cc1ccccc1)C(CC(C)C)C(C)=O. The average Bonchev–Trinajstić information content (AvgIpc) is 2.48. The van der Waals surface area contributed by atoms with Crippen LogP contribution in [-0.4, -0.2) is 22.6 Å². The second-order valence-electron chi connectivity index (χ2n) is 6.37. The Morgan fingerprint density at radius 1 is 1.14 bits per heavy atom. The molecule has 1 aromatic rings. The van der Waals surface area contributed by atoms with E-state index in [2.05, 4.69) is 20.8 Å². The second kappa shape index (κ2) is 9.39. The minimum Gasteiger partial charge on any atom is -0.328 e. The number of hydrogen-bond acceptors (Lipinski definition) is 2. The predicted molar refractivity (Wildman–Crippen MR) is 90.4 cm³/mol. The van der Waals surface area contributed by atoms with Crippen LogP contribution in [0.3, 0.4) is 0 Å². The molecule has 1 amide bonds. The van der Waals surface area contributed by atoms with Gasteiger partial charge in [0.15, 0.2) is 5.78 Å². The van der Waals surface area contributed by atoms with Gasteiger partial charge in [-0.1, -0.05) is 57.5 Å². The first-order chi connectivity index (χ1) is 10.5. The molecule has 1 unspecified atom stereocenters. The molecule has 0 fully saturated rings. The lowest BCUT2D eigenvalue weighted by atomic mass is 9.98. The zero-order chi connectivity index (χ0) is 16.5. The maximum Gasteiger partial charge on any atom is 0.223 e. The monoisotopic (exact) mass is 303 g/mol. The highest BCUT2D eigenvalue weighted by Gasteiger charge is 2.27. The van der Waals surface area contributed by atoms with Crippen LogP contribution in [0.15, 0.2) is 30.3 Å². The van der Waals surface area contributed by atoms with Gasteiger partial charge in [-0.3, -0.25) is 9.59 Å². The lowest BCUT2D eigenvalue weighted by Gasteiger charge is -2.31. The highest BCUT2D eigenvalue weighted by molar-refractivity contribution is 5.87. The molecule has 22 heavy (non-hydrogen) atoms. The largest absolute Gasteiger partial charge is 0.328 e. The average molecular weight is 303 g/mol. The maximum atomic E-state index is 12.6. The van der Waals surface area contributed by atoms with Gasteiger partial charge >= 0.3 is 0 Å². The van der Waals surface area contributed by atoms with Gasteiger partial charge in [-0.15, -0.1) is 0 Å². The molecule has 0 saturated carbocycles. The van der Waals surface area contributed by atoms with Gasteiger partial charge in [0.05, 0.1) is 6.04 Å². The van der Waals surface area contributed by atoms with E-state index >= 15 is 0 Å². The third kappa shape index (κ3) is 6.00. The predicted octanol–water partition coefficient (Wildman–Crippen LogP) is 4.21. The zero-order valence-electron chi connectivity index (χ0n) is 14.3. The normalized spacial score (nSPS) is 12.2. The molecule has 0 saturated heterocycles. The molecule has 122 valence electrons. The molecule has 0 aliphatic carbocycles. The highest BCUT2D eigenvalue weighted by atomic mass is 16.2. The molecule has 0 radical (unpaired) electrons. The van der Waals surface area contributed by atoms with Crippen molar-refractivity contribution in [3.05, 3.63) is 35.9 Å². The van der Waals surface area contributed by atoms with E-state index in [4.69, 9.17) is 0 Å². The van der Waals surface area contributed by atoms with E-state index in [0.717, 1.165) is 24.8 Å². The summed E-state index contributed by atoms with van der Waals surface area (Å²) in [4.78, 5) is 26.5. The summed E-state index contributed by atoms with van der Waals surface area (Å²) in [6.07, 6.45) is 3.10. The molecule has 0 aliphatic rings. The number of hydrogen-bond donors (Lipinski definition) is 0. The van der Waals surface area contributed by atoms with Crippen molar-refractivity contribution >= 4 is 11.7 Å². The lowest BCUT2D eigenvalue weighted by molar-refractivity contribution is -0.140. The maximum absolute atomic E-state index is 12.6. The number of amides is 1.